The van der Waals surface area contributed by atoms with Gasteiger partial charge in [0.15, 0.2) is 6.61 Å². The lowest BCUT2D eigenvalue weighted by molar-refractivity contribution is -0.132. The highest BCUT2D eigenvalue weighted by molar-refractivity contribution is 7.89. The summed E-state index contributed by atoms with van der Waals surface area (Å²) in [7, 11) is 0.940. The Balaban J connectivity index is 2.11. The summed E-state index contributed by atoms with van der Waals surface area (Å²) < 4.78 is 31.6. The molecule has 0 bridgehead atoms. The number of amides is 1. The summed E-state index contributed by atoms with van der Waals surface area (Å²) in [5.74, 6) is -0.0617. The molecule has 0 spiro atoms. The Morgan fingerprint density at radius 3 is 2.31 bits per heavy atom. The van der Waals surface area contributed by atoms with Gasteiger partial charge in [0.2, 0.25) is 10.0 Å². The summed E-state index contributed by atoms with van der Waals surface area (Å²) in [6.07, 6.45) is 0. The fourth-order valence-electron chi connectivity index (χ4n) is 2.33. The van der Waals surface area contributed by atoms with E-state index in [4.69, 9.17) is 4.74 Å². The normalized spacial score (nSPS) is 11.4. The van der Waals surface area contributed by atoms with E-state index in [1.54, 1.807) is 37.1 Å². The third-order valence-electron chi connectivity index (χ3n) is 3.90. The first kappa shape index (κ1) is 19.9. The monoisotopic (exact) mass is 376 g/mol. The Bertz CT molecular complexity index is 864. The van der Waals surface area contributed by atoms with E-state index in [1.807, 2.05) is 30.3 Å². The second-order valence-electron chi connectivity index (χ2n) is 6.26. The first-order valence-electron chi connectivity index (χ1n) is 8.15. The molecule has 6 nitrogen and oxygen atoms in total. The summed E-state index contributed by atoms with van der Waals surface area (Å²) in [4.78, 5) is 13.9. The van der Waals surface area contributed by atoms with E-state index in [-0.39, 0.29) is 23.2 Å². The molecule has 0 aliphatic rings. The number of hydrogen-bond donors (Lipinski definition) is 0. The molecule has 2 aromatic rings. The van der Waals surface area contributed by atoms with Crippen LogP contribution in [0.25, 0.3) is 0 Å². The number of rotatable bonds is 7. The lowest BCUT2D eigenvalue weighted by Gasteiger charge is -2.19. The molecule has 2 rings (SSSR count). The average molecular weight is 376 g/mol. The molecule has 0 fully saturated rings. The lowest BCUT2D eigenvalue weighted by Crippen LogP contribution is -2.31. The third kappa shape index (κ3) is 4.83. The van der Waals surface area contributed by atoms with Crippen molar-refractivity contribution in [2.75, 3.05) is 27.7 Å². The topological polar surface area (TPSA) is 66.9 Å². The number of ether oxygens (including phenoxy) is 1. The molecule has 0 saturated heterocycles. The SMILES string of the molecule is Cc1ccc(OCC(=O)N(C)Cc2ccccc2)c(S(=O)(=O)N(C)C)c1. The minimum Gasteiger partial charge on any atom is -0.482 e. The van der Waals surface area contributed by atoms with Gasteiger partial charge < -0.3 is 9.64 Å². The smallest absolute Gasteiger partial charge is 0.260 e. The van der Waals surface area contributed by atoms with Crippen molar-refractivity contribution in [1.82, 2.24) is 9.21 Å². The van der Waals surface area contributed by atoms with Gasteiger partial charge in [0.1, 0.15) is 10.6 Å². The molecule has 0 heterocycles. The quantitative estimate of drug-likeness (QED) is 0.744. The Morgan fingerprint density at radius 1 is 1.04 bits per heavy atom. The van der Waals surface area contributed by atoms with E-state index in [0.717, 1.165) is 15.4 Å². The summed E-state index contributed by atoms with van der Waals surface area (Å²) >= 11 is 0. The summed E-state index contributed by atoms with van der Waals surface area (Å²) in [5.41, 5.74) is 1.81. The Hall–Kier alpha value is -2.38. The van der Waals surface area contributed by atoms with E-state index in [2.05, 4.69) is 0 Å². The van der Waals surface area contributed by atoms with Crippen LogP contribution in [0, 0.1) is 6.92 Å². The van der Waals surface area contributed by atoms with E-state index in [0.29, 0.717) is 6.54 Å². The van der Waals surface area contributed by atoms with Gasteiger partial charge in [-0.25, -0.2) is 12.7 Å². The van der Waals surface area contributed by atoms with Gasteiger partial charge in [-0.3, -0.25) is 4.79 Å². The number of carbonyl (C=O) groups is 1. The van der Waals surface area contributed by atoms with Crippen LogP contribution in [0.3, 0.4) is 0 Å². The van der Waals surface area contributed by atoms with Crippen LogP contribution in [0.2, 0.25) is 0 Å². The highest BCUT2D eigenvalue weighted by Crippen LogP contribution is 2.27. The van der Waals surface area contributed by atoms with Crippen LogP contribution in [0.15, 0.2) is 53.4 Å². The van der Waals surface area contributed by atoms with E-state index in [1.165, 1.54) is 14.1 Å². The minimum absolute atomic E-state index is 0.0565. The van der Waals surface area contributed by atoms with Crippen molar-refractivity contribution in [2.45, 2.75) is 18.4 Å². The van der Waals surface area contributed by atoms with Crippen molar-refractivity contribution in [3.8, 4) is 5.75 Å². The average Bonchev–Trinajstić information content (AvgIpc) is 2.61. The first-order chi connectivity index (χ1) is 12.2. The van der Waals surface area contributed by atoms with Gasteiger partial charge in [-0.15, -0.1) is 0 Å². The number of hydrogen-bond acceptors (Lipinski definition) is 4. The van der Waals surface area contributed by atoms with Crippen molar-refractivity contribution >= 4 is 15.9 Å². The maximum absolute atomic E-state index is 12.5. The predicted molar refractivity (Wildman–Crippen MR) is 100 cm³/mol. The summed E-state index contributed by atoms with van der Waals surface area (Å²) in [5, 5.41) is 0. The number of benzene rings is 2. The fourth-order valence-corrected chi connectivity index (χ4v) is 3.44. The number of likely N-dealkylation sites (N-methyl/N-ethyl adjacent to an activating group) is 1. The number of sulfonamides is 1. The zero-order chi connectivity index (χ0) is 19.3. The van der Waals surface area contributed by atoms with Crippen molar-refractivity contribution in [2.24, 2.45) is 0 Å². The third-order valence-corrected chi connectivity index (χ3v) is 5.73. The number of aryl methyl sites for hydroxylation is 1. The second kappa shape index (κ2) is 8.33. The molecule has 26 heavy (non-hydrogen) atoms. The molecule has 0 aliphatic heterocycles. The van der Waals surface area contributed by atoms with Crippen molar-refractivity contribution in [1.29, 1.82) is 0 Å². The van der Waals surface area contributed by atoms with E-state index >= 15 is 0 Å². The molecule has 0 N–H and O–H groups in total. The molecule has 0 radical (unpaired) electrons. The van der Waals surface area contributed by atoms with Gasteiger partial charge >= 0.3 is 0 Å². The molecule has 0 unspecified atom stereocenters. The molecule has 0 atom stereocenters. The highest BCUT2D eigenvalue weighted by atomic mass is 32.2. The minimum atomic E-state index is -3.66. The lowest BCUT2D eigenvalue weighted by atomic mass is 10.2. The fraction of sp³-hybridized carbons (Fsp3) is 0.316. The second-order valence-corrected chi connectivity index (χ2v) is 8.38. The molecule has 1 amide bonds. The van der Waals surface area contributed by atoms with Crippen LogP contribution in [0.1, 0.15) is 11.1 Å². The molecule has 7 heteroatoms. The molecule has 0 aliphatic carbocycles. The first-order valence-corrected chi connectivity index (χ1v) is 9.59. The largest absolute Gasteiger partial charge is 0.482 e. The Labute approximate surface area is 155 Å². The van der Waals surface area contributed by atoms with Gasteiger partial charge in [0.05, 0.1) is 0 Å². The van der Waals surface area contributed by atoms with E-state index < -0.39 is 10.0 Å². The maximum atomic E-state index is 12.5. The zero-order valence-corrected chi connectivity index (χ0v) is 16.3. The standard InChI is InChI=1S/C19H24N2O4S/c1-15-10-11-17(18(12-15)26(23,24)20(2)3)25-14-19(22)21(4)13-16-8-6-5-7-9-16/h5-12H,13-14H2,1-4H3. The summed E-state index contributed by atoms with van der Waals surface area (Å²) in [6.45, 7) is 2.03. The Morgan fingerprint density at radius 2 is 1.69 bits per heavy atom. The van der Waals surface area contributed by atoms with Gasteiger partial charge in [0, 0.05) is 27.7 Å². The van der Waals surface area contributed by atoms with Gasteiger partial charge in [-0.1, -0.05) is 36.4 Å². The van der Waals surface area contributed by atoms with Gasteiger partial charge in [-0.05, 0) is 30.2 Å². The van der Waals surface area contributed by atoms with Crippen LogP contribution in [-0.4, -0.2) is 51.3 Å². The van der Waals surface area contributed by atoms with Crippen molar-refractivity contribution in [3.63, 3.8) is 0 Å². The number of nitrogens with zero attached hydrogens (tertiary/aromatic N) is 2. The highest BCUT2D eigenvalue weighted by Gasteiger charge is 2.23. The molecular weight excluding hydrogens is 352 g/mol. The van der Waals surface area contributed by atoms with E-state index in [9.17, 15) is 13.2 Å². The summed E-state index contributed by atoms with van der Waals surface area (Å²) in [6, 6.07) is 14.5. The van der Waals surface area contributed by atoms with Crippen molar-refractivity contribution < 1.29 is 17.9 Å². The molecule has 2 aromatic carbocycles. The van der Waals surface area contributed by atoms with Gasteiger partial charge in [-0.2, -0.15) is 0 Å². The maximum Gasteiger partial charge on any atom is 0.260 e. The van der Waals surface area contributed by atoms with Crippen molar-refractivity contribution in [3.05, 3.63) is 59.7 Å². The van der Waals surface area contributed by atoms with Crippen LogP contribution in [-0.2, 0) is 21.4 Å². The molecule has 0 saturated carbocycles. The number of carbonyl (C=O) groups excluding carboxylic acids is 1. The van der Waals surface area contributed by atoms with Crippen LogP contribution in [0.5, 0.6) is 5.75 Å². The van der Waals surface area contributed by atoms with Crippen LogP contribution < -0.4 is 4.74 Å². The van der Waals surface area contributed by atoms with Crippen LogP contribution >= 0.6 is 0 Å². The Kier molecular flexibility index (Phi) is 6.39. The predicted octanol–water partition coefficient (Wildman–Crippen LogP) is 2.28. The molecule has 140 valence electrons. The van der Waals surface area contributed by atoms with Crippen LogP contribution in [0.4, 0.5) is 0 Å². The molecular formula is C19H24N2O4S. The molecule has 0 aromatic heterocycles. The zero-order valence-electron chi connectivity index (χ0n) is 15.5. The van der Waals surface area contributed by atoms with Gasteiger partial charge in [0.25, 0.3) is 5.91 Å².